The maximum atomic E-state index is 12.2. The second-order valence-corrected chi connectivity index (χ2v) is 7.47. The molecule has 1 aromatic heterocycles. The number of nitrogens with one attached hydrogen (secondary N) is 2. The van der Waals surface area contributed by atoms with Crippen LogP contribution in [0.2, 0.25) is 10.0 Å². The molecule has 0 fully saturated rings. The summed E-state index contributed by atoms with van der Waals surface area (Å²) in [5.41, 5.74) is 1.67. The van der Waals surface area contributed by atoms with E-state index in [1.54, 1.807) is 31.2 Å². The predicted molar refractivity (Wildman–Crippen MR) is 109 cm³/mol. The van der Waals surface area contributed by atoms with E-state index in [9.17, 15) is 14.9 Å². The minimum atomic E-state index is -0.513. The van der Waals surface area contributed by atoms with E-state index in [-0.39, 0.29) is 17.3 Å². The van der Waals surface area contributed by atoms with Crippen LogP contribution in [0.1, 0.15) is 5.56 Å². The second kappa shape index (κ2) is 8.59. The van der Waals surface area contributed by atoms with E-state index >= 15 is 0 Å². The average molecular weight is 438 g/mol. The summed E-state index contributed by atoms with van der Waals surface area (Å²) in [6.45, 7) is 1.75. The van der Waals surface area contributed by atoms with Crippen LogP contribution in [0, 0.1) is 17.0 Å². The number of carbonyl (C=O) groups excluding carboxylic acids is 1. The molecule has 11 heteroatoms. The van der Waals surface area contributed by atoms with Gasteiger partial charge in [-0.15, -0.1) is 5.10 Å². The van der Waals surface area contributed by atoms with E-state index in [4.69, 9.17) is 23.2 Å². The fraction of sp³-hybridized carbons (Fsp3) is 0.118. The normalized spacial score (nSPS) is 10.7. The van der Waals surface area contributed by atoms with Gasteiger partial charge in [0.2, 0.25) is 11.1 Å². The molecule has 0 aliphatic carbocycles. The maximum absolute atomic E-state index is 12.2. The molecule has 1 heterocycles. The molecule has 2 aromatic carbocycles. The van der Waals surface area contributed by atoms with Crippen molar-refractivity contribution in [2.75, 3.05) is 11.1 Å². The zero-order valence-electron chi connectivity index (χ0n) is 14.4. The Morgan fingerprint density at radius 3 is 2.79 bits per heavy atom. The summed E-state index contributed by atoms with van der Waals surface area (Å²) in [4.78, 5) is 26.9. The molecular weight excluding hydrogens is 425 g/mol. The highest BCUT2D eigenvalue weighted by Gasteiger charge is 2.14. The van der Waals surface area contributed by atoms with E-state index < -0.39 is 4.92 Å². The van der Waals surface area contributed by atoms with Gasteiger partial charge in [-0.3, -0.25) is 20.0 Å². The first-order valence-electron chi connectivity index (χ1n) is 7.89. The van der Waals surface area contributed by atoms with Gasteiger partial charge in [0.25, 0.3) is 5.69 Å². The fourth-order valence-corrected chi connectivity index (χ4v) is 3.38. The maximum Gasteiger partial charge on any atom is 0.271 e. The van der Waals surface area contributed by atoms with E-state index in [0.29, 0.717) is 32.3 Å². The van der Waals surface area contributed by atoms with E-state index in [2.05, 4.69) is 20.5 Å². The molecule has 0 radical (unpaired) electrons. The van der Waals surface area contributed by atoms with Crippen molar-refractivity contribution in [2.24, 2.45) is 0 Å². The number of nitrogens with zero attached hydrogens (tertiary/aromatic N) is 3. The van der Waals surface area contributed by atoms with Crippen molar-refractivity contribution in [2.45, 2.75) is 12.1 Å². The Hall–Kier alpha value is -2.62. The number of carbonyl (C=O) groups is 1. The summed E-state index contributed by atoms with van der Waals surface area (Å²) in [6.07, 6.45) is 0. The third kappa shape index (κ3) is 4.80. The first-order chi connectivity index (χ1) is 13.3. The van der Waals surface area contributed by atoms with Gasteiger partial charge >= 0.3 is 0 Å². The van der Waals surface area contributed by atoms with Gasteiger partial charge in [-0.05, 0) is 30.7 Å². The molecule has 0 saturated heterocycles. The highest BCUT2D eigenvalue weighted by atomic mass is 35.5. The van der Waals surface area contributed by atoms with Crippen LogP contribution in [0.3, 0.4) is 0 Å². The number of rotatable bonds is 6. The van der Waals surface area contributed by atoms with Crippen LogP contribution < -0.4 is 5.32 Å². The Morgan fingerprint density at radius 2 is 2.07 bits per heavy atom. The van der Waals surface area contributed by atoms with Crippen LogP contribution in [-0.2, 0) is 4.79 Å². The zero-order valence-corrected chi connectivity index (χ0v) is 16.7. The smallest absolute Gasteiger partial charge is 0.271 e. The van der Waals surface area contributed by atoms with E-state index in [1.807, 2.05) is 0 Å². The minimum absolute atomic E-state index is 0.0355. The fourth-order valence-electron chi connectivity index (χ4n) is 2.29. The van der Waals surface area contributed by atoms with Crippen LogP contribution in [0.4, 0.5) is 11.4 Å². The molecule has 0 unspecified atom stereocenters. The molecule has 0 atom stereocenters. The van der Waals surface area contributed by atoms with Gasteiger partial charge in [0.15, 0.2) is 5.82 Å². The lowest BCUT2D eigenvalue weighted by Crippen LogP contribution is -2.15. The number of anilines is 1. The van der Waals surface area contributed by atoms with Gasteiger partial charge in [0.1, 0.15) is 0 Å². The Balaban J connectivity index is 1.63. The number of H-pyrrole nitrogens is 1. The summed E-state index contributed by atoms with van der Waals surface area (Å²) in [7, 11) is 0. The van der Waals surface area contributed by atoms with Crippen molar-refractivity contribution in [1.29, 1.82) is 0 Å². The number of hydrogen-bond donors (Lipinski definition) is 2. The molecule has 0 aliphatic heterocycles. The molecule has 28 heavy (non-hydrogen) atoms. The summed E-state index contributed by atoms with van der Waals surface area (Å²) < 4.78 is 0. The molecular formula is C17H13Cl2N5O3S. The van der Waals surface area contributed by atoms with Crippen LogP contribution in [0.5, 0.6) is 0 Å². The van der Waals surface area contributed by atoms with Gasteiger partial charge in [0, 0.05) is 22.7 Å². The Bertz CT molecular complexity index is 1060. The van der Waals surface area contributed by atoms with Crippen molar-refractivity contribution in [3.05, 3.63) is 62.1 Å². The van der Waals surface area contributed by atoms with Gasteiger partial charge in [0.05, 0.1) is 21.4 Å². The van der Waals surface area contributed by atoms with Gasteiger partial charge in [-0.1, -0.05) is 41.0 Å². The van der Waals surface area contributed by atoms with Crippen LogP contribution in [0.15, 0.2) is 41.6 Å². The zero-order chi connectivity index (χ0) is 20.3. The number of nitro benzene ring substituents is 1. The number of non-ortho nitro benzene ring substituents is 1. The molecule has 144 valence electrons. The number of benzene rings is 2. The molecule has 0 saturated carbocycles. The van der Waals surface area contributed by atoms with E-state index in [0.717, 1.165) is 17.3 Å². The number of nitro groups is 1. The summed E-state index contributed by atoms with van der Waals surface area (Å²) in [5, 5.41) is 21.7. The lowest BCUT2D eigenvalue weighted by atomic mass is 10.2. The molecule has 3 rings (SSSR count). The van der Waals surface area contributed by atoms with Crippen molar-refractivity contribution >= 4 is 52.2 Å². The molecule has 2 N–H and O–H groups in total. The average Bonchev–Trinajstić information content (AvgIpc) is 3.10. The Morgan fingerprint density at radius 1 is 1.29 bits per heavy atom. The molecule has 0 bridgehead atoms. The van der Waals surface area contributed by atoms with E-state index in [1.165, 1.54) is 12.1 Å². The number of aryl methyl sites for hydroxylation is 1. The van der Waals surface area contributed by atoms with Crippen LogP contribution in [-0.4, -0.2) is 31.8 Å². The SMILES string of the molecule is Cc1ccc([N+](=O)[O-])cc1NC(=O)CSc1n[nH]c(-c2ccc(Cl)cc2Cl)n1. The number of hydrogen-bond acceptors (Lipinski definition) is 6. The number of halogens is 2. The summed E-state index contributed by atoms with van der Waals surface area (Å²) in [5.74, 6) is 0.164. The van der Waals surface area contributed by atoms with Gasteiger partial charge in [-0.2, -0.15) is 0 Å². The number of thioether (sulfide) groups is 1. The quantitative estimate of drug-likeness (QED) is 0.327. The van der Waals surface area contributed by atoms with Crippen molar-refractivity contribution in [3.8, 4) is 11.4 Å². The lowest BCUT2D eigenvalue weighted by molar-refractivity contribution is -0.384. The first kappa shape index (κ1) is 20.1. The Labute approximate surface area is 173 Å². The van der Waals surface area contributed by atoms with Crippen LogP contribution in [0.25, 0.3) is 11.4 Å². The number of aromatic nitrogens is 3. The van der Waals surface area contributed by atoms with Gasteiger partial charge < -0.3 is 5.32 Å². The minimum Gasteiger partial charge on any atom is -0.325 e. The molecule has 0 spiro atoms. The topological polar surface area (TPSA) is 114 Å². The highest BCUT2D eigenvalue weighted by molar-refractivity contribution is 7.99. The van der Waals surface area contributed by atoms with Crippen molar-refractivity contribution < 1.29 is 9.72 Å². The third-order valence-corrected chi connectivity index (χ3v) is 5.08. The highest BCUT2D eigenvalue weighted by Crippen LogP contribution is 2.29. The number of amides is 1. The molecule has 0 aliphatic rings. The molecule has 1 amide bonds. The second-order valence-electron chi connectivity index (χ2n) is 5.68. The summed E-state index contributed by atoms with van der Waals surface area (Å²) >= 11 is 13.2. The summed E-state index contributed by atoms with van der Waals surface area (Å²) in [6, 6.07) is 9.30. The predicted octanol–water partition coefficient (Wildman–Crippen LogP) is 4.73. The number of aromatic amines is 1. The van der Waals surface area contributed by atoms with Crippen molar-refractivity contribution in [3.63, 3.8) is 0 Å². The molecule has 8 nitrogen and oxygen atoms in total. The van der Waals surface area contributed by atoms with Crippen molar-refractivity contribution in [1.82, 2.24) is 15.2 Å². The van der Waals surface area contributed by atoms with Crippen LogP contribution >= 0.6 is 35.0 Å². The monoisotopic (exact) mass is 437 g/mol. The lowest BCUT2D eigenvalue weighted by Gasteiger charge is -2.07. The Kier molecular flexibility index (Phi) is 6.18. The third-order valence-electron chi connectivity index (χ3n) is 3.69. The molecule has 3 aromatic rings. The largest absolute Gasteiger partial charge is 0.325 e. The standard InChI is InChI=1S/C17H13Cl2N5O3S/c1-9-2-4-11(24(26)27)7-14(9)20-15(25)8-28-17-21-16(22-23-17)12-5-3-10(18)6-13(12)19/h2-7H,8H2,1H3,(H,20,25)(H,21,22,23). The first-order valence-corrected chi connectivity index (χ1v) is 9.63. The van der Waals surface area contributed by atoms with Gasteiger partial charge in [-0.25, -0.2) is 4.98 Å².